The average molecular weight is 276 g/mol. The van der Waals surface area contributed by atoms with Crippen molar-refractivity contribution in [1.82, 2.24) is 10.2 Å². The van der Waals surface area contributed by atoms with Crippen LogP contribution in [0.15, 0.2) is 18.2 Å². The summed E-state index contributed by atoms with van der Waals surface area (Å²) < 4.78 is 14.2. The maximum absolute atomic E-state index is 14.2. The molecule has 110 valence electrons. The van der Waals surface area contributed by atoms with Crippen molar-refractivity contribution in [2.45, 2.75) is 38.6 Å². The molecule has 1 N–H and O–H groups in total. The van der Waals surface area contributed by atoms with Crippen LogP contribution in [-0.4, -0.2) is 31.1 Å². The molecule has 0 saturated carbocycles. The summed E-state index contributed by atoms with van der Waals surface area (Å²) in [4.78, 5) is 2.35. The predicted octanol–water partition coefficient (Wildman–Crippen LogP) is 2.96. The number of rotatable bonds is 4. The number of piperidine rings is 1. The molecule has 2 nitrogen and oxygen atoms in total. The molecule has 0 aliphatic carbocycles. The van der Waals surface area contributed by atoms with Gasteiger partial charge in [-0.3, -0.25) is 4.90 Å². The first-order valence-electron chi connectivity index (χ1n) is 8.01. The molecule has 1 aromatic rings. The Balaban J connectivity index is 1.60. The lowest BCUT2D eigenvalue weighted by Gasteiger charge is -2.23. The van der Waals surface area contributed by atoms with Gasteiger partial charge in [-0.15, -0.1) is 0 Å². The fourth-order valence-corrected chi connectivity index (χ4v) is 3.45. The van der Waals surface area contributed by atoms with Crippen molar-refractivity contribution in [2.75, 3.05) is 26.2 Å². The Kier molecular flexibility index (Phi) is 4.69. The first-order chi connectivity index (χ1) is 9.81. The molecule has 0 radical (unpaired) electrons. The highest BCUT2D eigenvalue weighted by atomic mass is 19.1. The van der Waals surface area contributed by atoms with Crippen LogP contribution in [0, 0.1) is 11.7 Å². The molecular formula is C17H25FN2. The zero-order chi connectivity index (χ0) is 13.8. The van der Waals surface area contributed by atoms with Crippen molar-refractivity contribution in [3.63, 3.8) is 0 Å². The number of benzene rings is 1. The van der Waals surface area contributed by atoms with Gasteiger partial charge < -0.3 is 5.32 Å². The van der Waals surface area contributed by atoms with E-state index in [1.54, 1.807) is 6.07 Å². The number of likely N-dealkylation sites (tertiary alicyclic amines) is 1. The third kappa shape index (κ3) is 3.58. The largest absolute Gasteiger partial charge is 0.317 e. The van der Waals surface area contributed by atoms with Crippen molar-refractivity contribution < 1.29 is 4.39 Å². The minimum absolute atomic E-state index is 0.0108. The molecule has 2 fully saturated rings. The fourth-order valence-electron chi connectivity index (χ4n) is 3.45. The Bertz CT molecular complexity index is 435. The van der Waals surface area contributed by atoms with Crippen LogP contribution < -0.4 is 5.32 Å². The van der Waals surface area contributed by atoms with E-state index in [0.717, 1.165) is 50.6 Å². The lowest BCUT2D eigenvalue weighted by Crippen LogP contribution is -2.28. The molecule has 2 saturated heterocycles. The minimum atomic E-state index is -0.0108. The Morgan fingerprint density at radius 1 is 1.15 bits per heavy atom. The van der Waals surface area contributed by atoms with E-state index in [1.807, 2.05) is 6.07 Å². The van der Waals surface area contributed by atoms with Crippen molar-refractivity contribution in [1.29, 1.82) is 0 Å². The fraction of sp³-hybridized carbons (Fsp3) is 0.647. The van der Waals surface area contributed by atoms with E-state index < -0.39 is 0 Å². The molecule has 20 heavy (non-hydrogen) atoms. The molecule has 0 atom stereocenters. The van der Waals surface area contributed by atoms with Gasteiger partial charge in [0.15, 0.2) is 0 Å². The maximum Gasteiger partial charge on any atom is 0.127 e. The zero-order valence-corrected chi connectivity index (χ0v) is 12.2. The van der Waals surface area contributed by atoms with Gasteiger partial charge in [-0.1, -0.05) is 12.1 Å². The quantitative estimate of drug-likeness (QED) is 0.909. The molecule has 0 unspecified atom stereocenters. The molecule has 0 bridgehead atoms. The minimum Gasteiger partial charge on any atom is -0.317 e. The second kappa shape index (κ2) is 6.68. The SMILES string of the molecule is Fc1cc(CC2CCNCC2)ccc1CN1CCCC1. The highest BCUT2D eigenvalue weighted by Crippen LogP contribution is 2.21. The molecule has 0 amide bonds. The molecule has 2 aliphatic rings. The van der Waals surface area contributed by atoms with E-state index in [-0.39, 0.29) is 5.82 Å². The average Bonchev–Trinajstić information content (AvgIpc) is 2.96. The van der Waals surface area contributed by atoms with Crippen molar-refractivity contribution >= 4 is 0 Å². The second-order valence-corrected chi connectivity index (χ2v) is 6.31. The van der Waals surface area contributed by atoms with Crippen LogP contribution in [0.5, 0.6) is 0 Å². The molecule has 2 aliphatic heterocycles. The van der Waals surface area contributed by atoms with Crippen LogP contribution in [0.3, 0.4) is 0 Å². The lowest BCUT2D eigenvalue weighted by molar-refractivity contribution is 0.325. The van der Waals surface area contributed by atoms with Crippen molar-refractivity contribution in [2.24, 2.45) is 5.92 Å². The zero-order valence-electron chi connectivity index (χ0n) is 12.2. The number of nitrogens with one attached hydrogen (secondary N) is 1. The van der Waals surface area contributed by atoms with Crippen molar-refractivity contribution in [3.8, 4) is 0 Å². The van der Waals surface area contributed by atoms with Gasteiger partial charge >= 0.3 is 0 Å². The summed E-state index contributed by atoms with van der Waals surface area (Å²) in [7, 11) is 0. The summed E-state index contributed by atoms with van der Waals surface area (Å²) in [6.45, 7) is 5.24. The highest BCUT2D eigenvalue weighted by Gasteiger charge is 2.16. The van der Waals surface area contributed by atoms with Gasteiger partial charge in [-0.25, -0.2) is 4.39 Å². The monoisotopic (exact) mass is 276 g/mol. The summed E-state index contributed by atoms with van der Waals surface area (Å²) in [5.41, 5.74) is 2.03. The molecule has 3 rings (SSSR count). The van der Waals surface area contributed by atoms with Crippen LogP contribution in [0.2, 0.25) is 0 Å². The van der Waals surface area contributed by atoms with Crippen LogP contribution in [0.1, 0.15) is 36.8 Å². The molecule has 0 spiro atoms. The number of halogens is 1. The molecular weight excluding hydrogens is 251 g/mol. The van der Waals surface area contributed by atoms with Crippen LogP contribution >= 0.6 is 0 Å². The Hall–Kier alpha value is -0.930. The van der Waals surface area contributed by atoms with Gasteiger partial charge in [0, 0.05) is 12.1 Å². The predicted molar refractivity (Wildman–Crippen MR) is 80.2 cm³/mol. The van der Waals surface area contributed by atoms with Gasteiger partial charge in [0.1, 0.15) is 5.82 Å². The summed E-state index contributed by atoms with van der Waals surface area (Å²) in [6, 6.07) is 5.91. The Labute approximate surface area is 121 Å². The third-order valence-corrected chi connectivity index (χ3v) is 4.69. The number of hydrogen-bond acceptors (Lipinski definition) is 2. The molecule has 3 heteroatoms. The van der Waals surface area contributed by atoms with E-state index in [2.05, 4.69) is 16.3 Å². The van der Waals surface area contributed by atoms with Gasteiger partial charge in [0.05, 0.1) is 0 Å². The normalized spacial score (nSPS) is 21.4. The lowest BCUT2D eigenvalue weighted by atomic mass is 9.90. The van der Waals surface area contributed by atoms with Gasteiger partial charge in [-0.2, -0.15) is 0 Å². The molecule has 2 heterocycles. The smallest absolute Gasteiger partial charge is 0.127 e. The highest BCUT2D eigenvalue weighted by molar-refractivity contribution is 5.25. The second-order valence-electron chi connectivity index (χ2n) is 6.31. The first kappa shape index (κ1) is 14.0. The summed E-state index contributed by atoms with van der Waals surface area (Å²) >= 11 is 0. The maximum atomic E-state index is 14.2. The van der Waals surface area contributed by atoms with Crippen LogP contribution in [0.25, 0.3) is 0 Å². The van der Waals surface area contributed by atoms with E-state index in [4.69, 9.17) is 0 Å². The number of nitrogens with zero attached hydrogens (tertiary/aromatic N) is 1. The van der Waals surface area contributed by atoms with E-state index in [9.17, 15) is 4.39 Å². The van der Waals surface area contributed by atoms with Crippen LogP contribution in [0.4, 0.5) is 4.39 Å². The van der Waals surface area contributed by atoms with Crippen molar-refractivity contribution in [3.05, 3.63) is 35.1 Å². The van der Waals surface area contributed by atoms with Gasteiger partial charge in [-0.05, 0) is 75.8 Å². The Morgan fingerprint density at radius 2 is 1.90 bits per heavy atom. The first-order valence-corrected chi connectivity index (χ1v) is 8.01. The molecule has 1 aromatic carbocycles. The van der Waals surface area contributed by atoms with E-state index in [0.29, 0.717) is 0 Å². The van der Waals surface area contributed by atoms with E-state index in [1.165, 1.54) is 31.2 Å². The molecule has 0 aromatic heterocycles. The van der Waals surface area contributed by atoms with Gasteiger partial charge in [0.25, 0.3) is 0 Å². The number of hydrogen-bond donors (Lipinski definition) is 1. The van der Waals surface area contributed by atoms with E-state index >= 15 is 0 Å². The summed E-state index contributed by atoms with van der Waals surface area (Å²) in [5.74, 6) is 0.711. The summed E-state index contributed by atoms with van der Waals surface area (Å²) in [5, 5.41) is 3.38. The topological polar surface area (TPSA) is 15.3 Å². The summed E-state index contributed by atoms with van der Waals surface area (Å²) in [6.07, 6.45) is 5.99. The standard InChI is InChI=1S/C17H25FN2/c18-17-12-15(11-14-5-7-19-8-6-14)3-4-16(17)13-20-9-1-2-10-20/h3-4,12,14,19H,1-2,5-11,13H2. The van der Waals surface area contributed by atoms with Gasteiger partial charge in [0.2, 0.25) is 0 Å². The Morgan fingerprint density at radius 3 is 2.60 bits per heavy atom. The van der Waals surface area contributed by atoms with Crippen LogP contribution in [-0.2, 0) is 13.0 Å². The third-order valence-electron chi connectivity index (χ3n) is 4.69.